The Morgan fingerprint density at radius 3 is 2.44 bits per heavy atom. The third-order valence-electron chi connectivity index (χ3n) is 7.78. The fourth-order valence-corrected chi connectivity index (χ4v) is 7.64. The van der Waals surface area contributed by atoms with E-state index in [2.05, 4.69) is 19.3 Å². The number of imidazole rings is 1. The molecule has 2 fully saturated rings. The van der Waals surface area contributed by atoms with E-state index in [4.69, 9.17) is 25.3 Å². The minimum Gasteiger partial charge on any atom is -0.390 e. The summed E-state index contributed by atoms with van der Waals surface area (Å²) in [4.78, 5) is 45.5. The number of fused-ring (bicyclic) bond motifs is 1. The van der Waals surface area contributed by atoms with Crippen molar-refractivity contribution < 1.29 is 62.2 Å². The molecular weight excluding hydrogens is 644 g/mol. The monoisotopic (exact) mass is 677 g/mol. The minimum atomic E-state index is -5.33. The highest BCUT2D eigenvalue weighted by molar-refractivity contribution is 7.61. The van der Waals surface area contributed by atoms with Crippen LogP contribution in [-0.2, 0) is 32.0 Å². The molecule has 3 aliphatic rings. The van der Waals surface area contributed by atoms with Gasteiger partial charge in [-0.2, -0.15) is 4.31 Å². The van der Waals surface area contributed by atoms with Gasteiger partial charge in [-0.1, -0.05) is 6.08 Å². The zero-order valence-electron chi connectivity index (χ0n) is 23.6. The lowest BCUT2D eigenvalue weighted by atomic mass is 10.1. The third kappa shape index (κ3) is 6.97. The Bertz CT molecular complexity index is 1600. The van der Waals surface area contributed by atoms with Gasteiger partial charge in [0.25, 0.3) is 0 Å². The van der Waals surface area contributed by atoms with E-state index in [0.717, 1.165) is 0 Å². The number of carbonyl (C=O) groups excluding carboxylic acids is 1. The van der Waals surface area contributed by atoms with Gasteiger partial charge in [-0.25, -0.2) is 24.1 Å². The van der Waals surface area contributed by atoms with E-state index in [1.54, 1.807) is 24.1 Å². The molecule has 4 heterocycles. The summed E-state index contributed by atoms with van der Waals surface area (Å²) in [6, 6.07) is -0.704. The van der Waals surface area contributed by atoms with E-state index < -0.39 is 83.5 Å². The number of aliphatic hydroxyl groups excluding tert-OH is 4. The van der Waals surface area contributed by atoms with Crippen molar-refractivity contribution in [1.29, 1.82) is 0 Å². The van der Waals surface area contributed by atoms with Gasteiger partial charge in [-0.05, 0) is 25.6 Å². The largest absolute Gasteiger partial charge is 0.481 e. The Kier molecular flexibility index (Phi) is 9.50. The second-order valence-corrected chi connectivity index (χ2v) is 13.8. The maximum atomic E-state index is 12.5. The number of aromatic nitrogens is 4. The SMILES string of the molecule is Cc1nc2c(N)ncnc2n1C1OC(COP(=O)(O)OP(=O)(O)OCC2CC(N3C=CC=C(C(N)=O)C3)C(O)C2O)C(O)C1O. The summed E-state index contributed by atoms with van der Waals surface area (Å²) < 4.78 is 46.0. The summed E-state index contributed by atoms with van der Waals surface area (Å²) in [5, 5.41) is 42.2. The minimum absolute atomic E-state index is 0.0523. The molecule has 20 nitrogen and oxygen atoms in total. The number of hydrogen-bond donors (Lipinski definition) is 8. The maximum Gasteiger partial charge on any atom is 0.481 e. The molecule has 1 amide bonds. The lowest BCUT2D eigenvalue weighted by Crippen LogP contribution is -2.43. The van der Waals surface area contributed by atoms with Gasteiger partial charge in [0, 0.05) is 18.0 Å². The summed E-state index contributed by atoms with van der Waals surface area (Å²) in [5.41, 5.74) is 11.8. The van der Waals surface area contributed by atoms with Crippen molar-refractivity contribution in [2.24, 2.45) is 11.7 Å². The summed E-state index contributed by atoms with van der Waals surface area (Å²) in [7, 11) is -10.6. The standard InChI is InChI=1S/C23H33N7O13P2/c1-10-28-15-20(24)26-9-27-22(15)30(10)23-19(34)18(33)14(42-23)8-41-45(38,39)43-44(36,37)40-7-12-5-13(17(32)16(12)31)29-4-2-3-11(6-29)21(25)35/h2-4,9,12-14,16-19,23,31-34H,5-8H2,1H3,(H2,25,35)(H,36,37)(H,38,39)(H2,24,26,27). The number of rotatable bonds is 11. The first-order valence-corrected chi connectivity index (χ1v) is 16.5. The second kappa shape index (κ2) is 12.7. The molecule has 0 aromatic carbocycles. The van der Waals surface area contributed by atoms with Gasteiger partial charge in [-0.3, -0.25) is 18.4 Å². The Morgan fingerprint density at radius 2 is 1.76 bits per heavy atom. The molecule has 10 atom stereocenters. The predicted octanol–water partition coefficient (Wildman–Crippen LogP) is -2.06. The van der Waals surface area contributed by atoms with Crippen LogP contribution in [0.25, 0.3) is 11.2 Å². The van der Waals surface area contributed by atoms with Gasteiger partial charge in [0.1, 0.15) is 36.6 Å². The number of phosphoric acid groups is 2. The molecule has 248 valence electrons. The number of nitrogens with two attached hydrogens (primary N) is 2. The number of carbonyl (C=O) groups is 1. The van der Waals surface area contributed by atoms with Crippen LogP contribution < -0.4 is 11.5 Å². The molecule has 22 heteroatoms. The molecule has 2 aromatic heterocycles. The van der Waals surface area contributed by atoms with Crippen molar-refractivity contribution in [2.75, 3.05) is 25.5 Å². The fourth-order valence-electron chi connectivity index (χ4n) is 5.51. The van der Waals surface area contributed by atoms with Crippen molar-refractivity contribution in [1.82, 2.24) is 24.4 Å². The van der Waals surface area contributed by atoms with Crippen LogP contribution in [0.1, 0.15) is 18.5 Å². The number of phosphoric ester groups is 2. The molecule has 5 rings (SSSR count). The Balaban J connectivity index is 1.15. The Hall–Kier alpha value is -2.84. The predicted molar refractivity (Wildman–Crippen MR) is 150 cm³/mol. The first kappa shape index (κ1) is 33.5. The van der Waals surface area contributed by atoms with Crippen LogP contribution in [-0.4, -0.2) is 117 Å². The lowest BCUT2D eigenvalue weighted by Gasteiger charge is -2.32. The third-order valence-corrected chi connectivity index (χ3v) is 10.4. The molecular formula is C23H33N7O13P2. The van der Waals surface area contributed by atoms with Crippen LogP contribution in [0.4, 0.5) is 5.82 Å². The molecule has 2 aromatic rings. The van der Waals surface area contributed by atoms with Gasteiger partial charge < -0.3 is 51.3 Å². The highest BCUT2D eigenvalue weighted by Crippen LogP contribution is 2.61. The molecule has 0 bridgehead atoms. The molecule has 1 saturated carbocycles. The normalized spacial score (nSPS) is 32.9. The fraction of sp³-hybridized carbons (Fsp3) is 0.565. The number of ether oxygens (including phenoxy) is 1. The molecule has 0 radical (unpaired) electrons. The number of aliphatic hydroxyl groups is 4. The smallest absolute Gasteiger partial charge is 0.390 e. The molecule has 1 saturated heterocycles. The number of amides is 1. The number of hydrogen-bond acceptors (Lipinski definition) is 16. The van der Waals surface area contributed by atoms with Crippen molar-refractivity contribution in [2.45, 2.75) is 56.1 Å². The van der Waals surface area contributed by atoms with Crippen LogP contribution in [0.15, 0.2) is 30.3 Å². The highest BCUT2D eigenvalue weighted by atomic mass is 31.3. The summed E-state index contributed by atoms with van der Waals surface area (Å²) in [6.07, 6.45) is -2.77. The van der Waals surface area contributed by atoms with E-state index in [1.165, 1.54) is 17.0 Å². The average molecular weight is 678 g/mol. The maximum absolute atomic E-state index is 12.5. The lowest BCUT2D eigenvalue weighted by molar-refractivity contribution is -0.114. The van der Waals surface area contributed by atoms with E-state index in [0.29, 0.717) is 5.82 Å². The second-order valence-electron chi connectivity index (χ2n) is 10.7. The highest BCUT2D eigenvalue weighted by Gasteiger charge is 2.48. The summed E-state index contributed by atoms with van der Waals surface area (Å²) in [5.74, 6) is -1.19. The van der Waals surface area contributed by atoms with E-state index in [9.17, 15) is 44.1 Å². The van der Waals surface area contributed by atoms with Crippen LogP contribution in [0.2, 0.25) is 0 Å². The van der Waals surface area contributed by atoms with Crippen molar-refractivity contribution in [3.63, 3.8) is 0 Å². The van der Waals surface area contributed by atoms with Gasteiger partial charge in [0.2, 0.25) is 5.91 Å². The van der Waals surface area contributed by atoms with E-state index >= 15 is 0 Å². The van der Waals surface area contributed by atoms with Crippen molar-refractivity contribution in [3.8, 4) is 0 Å². The van der Waals surface area contributed by atoms with Crippen molar-refractivity contribution >= 4 is 38.5 Å². The number of aryl methyl sites for hydroxylation is 1. The first-order valence-electron chi connectivity index (χ1n) is 13.5. The molecule has 10 N–H and O–H groups in total. The summed E-state index contributed by atoms with van der Waals surface area (Å²) in [6.45, 7) is 0.100. The number of allylic oxidation sites excluding steroid dienone is 2. The summed E-state index contributed by atoms with van der Waals surface area (Å²) >= 11 is 0. The molecule has 10 unspecified atom stereocenters. The number of nitrogens with zero attached hydrogens (tertiary/aromatic N) is 5. The molecule has 45 heavy (non-hydrogen) atoms. The zero-order valence-corrected chi connectivity index (χ0v) is 25.4. The number of primary amides is 1. The molecule has 2 aliphatic heterocycles. The number of anilines is 1. The van der Waals surface area contributed by atoms with Gasteiger partial charge in [0.15, 0.2) is 23.2 Å². The van der Waals surface area contributed by atoms with E-state index in [1.807, 2.05) is 0 Å². The Labute approximate surface area is 254 Å². The average Bonchev–Trinajstić information content (AvgIpc) is 3.56. The molecule has 0 spiro atoms. The van der Waals surface area contributed by atoms with Gasteiger partial charge >= 0.3 is 15.6 Å². The Morgan fingerprint density at radius 1 is 1.07 bits per heavy atom. The quantitative estimate of drug-likeness (QED) is 0.119. The van der Waals surface area contributed by atoms with Crippen LogP contribution in [0.3, 0.4) is 0 Å². The number of nitrogen functional groups attached to an aromatic ring is 1. The van der Waals surface area contributed by atoms with Gasteiger partial charge in [0.05, 0.1) is 25.4 Å². The van der Waals surface area contributed by atoms with Crippen molar-refractivity contribution in [3.05, 3.63) is 36.1 Å². The van der Waals surface area contributed by atoms with Crippen LogP contribution >= 0.6 is 15.6 Å². The zero-order chi connectivity index (χ0) is 32.8. The molecule has 1 aliphatic carbocycles. The van der Waals surface area contributed by atoms with E-state index in [-0.39, 0.29) is 35.5 Å². The van der Waals surface area contributed by atoms with Gasteiger partial charge in [-0.15, -0.1) is 0 Å². The van der Waals surface area contributed by atoms with Crippen LogP contribution in [0, 0.1) is 12.8 Å². The first-order chi connectivity index (χ1) is 21.1. The van der Waals surface area contributed by atoms with Crippen LogP contribution in [0.5, 0.6) is 0 Å². The topological polar surface area (TPSA) is 308 Å².